The van der Waals surface area contributed by atoms with Crippen molar-refractivity contribution in [1.29, 1.82) is 0 Å². The first-order valence-electron chi connectivity index (χ1n) is 6.61. The van der Waals surface area contributed by atoms with E-state index in [-0.39, 0.29) is 0 Å². The van der Waals surface area contributed by atoms with Crippen LogP contribution in [-0.4, -0.2) is 12.0 Å². The summed E-state index contributed by atoms with van der Waals surface area (Å²) >= 11 is 0. The van der Waals surface area contributed by atoms with Crippen LogP contribution in [0.4, 0.5) is 0 Å². The standard InChI is InChI=1S/C16H13ClO5S/c1-21-14-8-10-16-13(11-14)7-9-15(12-5-3-2-4-6-12)23(16)22-17(18,19)20/h2-11H,1H3. The van der Waals surface area contributed by atoms with E-state index in [9.17, 15) is 14.0 Å². The predicted octanol–water partition coefficient (Wildman–Crippen LogP) is 0.399. The van der Waals surface area contributed by atoms with Crippen molar-refractivity contribution in [2.24, 2.45) is 0 Å². The van der Waals surface area contributed by atoms with Crippen molar-refractivity contribution in [2.75, 3.05) is 7.11 Å². The minimum atomic E-state index is -4.55. The smallest absolute Gasteiger partial charge is 0.148 e. The summed E-state index contributed by atoms with van der Waals surface area (Å²) < 4.78 is 43.4. The number of benzene rings is 2. The fraction of sp³-hybridized carbons (Fsp3) is 0.0625. The zero-order valence-corrected chi connectivity index (χ0v) is 13.7. The molecule has 1 unspecified atom stereocenters. The molecule has 5 nitrogen and oxygen atoms in total. The molecular formula is C16H13ClO5S. The van der Waals surface area contributed by atoms with E-state index < -0.39 is 21.0 Å². The molecule has 0 fully saturated rings. The number of ether oxygens (including phenoxy) is 1. The maximum atomic E-state index is 11.1. The molecule has 0 N–H and O–H groups in total. The molecular weight excluding hydrogens is 340 g/mol. The van der Waals surface area contributed by atoms with Gasteiger partial charge in [0.15, 0.2) is 0 Å². The Balaban J connectivity index is 2.17. The van der Waals surface area contributed by atoms with Gasteiger partial charge in [-0.05, 0) is 35.4 Å². The highest BCUT2D eigenvalue weighted by Crippen LogP contribution is 2.41. The Labute approximate surface area is 138 Å². The molecule has 1 atom stereocenters. The second-order valence-electron chi connectivity index (χ2n) is 4.68. The zero-order chi connectivity index (χ0) is 16.4. The molecule has 120 valence electrons. The monoisotopic (exact) mass is 352 g/mol. The van der Waals surface area contributed by atoms with Gasteiger partial charge in [-0.1, -0.05) is 36.4 Å². The van der Waals surface area contributed by atoms with Gasteiger partial charge in [0, 0.05) is 0 Å². The van der Waals surface area contributed by atoms with Gasteiger partial charge < -0.3 is 4.74 Å². The van der Waals surface area contributed by atoms with E-state index in [0.717, 1.165) is 11.1 Å². The Morgan fingerprint density at radius 1 is 0.957 bits per heavy atom. The molecule has 0 aliphatic carbocycles. The number of fused-ring (bicyclic) bond motifs is 1. The first kappa shape index (κ1) is 16.2. The molecule has 0 saturated heterocycles. The van der Waals surface area contributed by atoms with E-state index in [1.807, 2.05) is 36.4 Å². The van der Waals surface area contributed by atoms with Crippen LogP contribution in [0.2, 0.25) is 0 Å². The van der Waals surface area contributed by atoms with Crippen LogP contribution in [-0.2, 0) is 3.74 Å². The molecule has 1 aliphatic heterocycles. The molecule has 0 radical (unpaired) electrons. The van der Waals surface area contributed by atoms with Crippen LogP contribution >= 0.6 is 10.8 Å². The summed E-state index contributed by atoms with van der Waals surface area (Å²) in [5.41, 5.74) is 1.55. The van der Waals surface area contributed by atoms with E-state index in [1.165, 1.54) is 0 Å². The minimum absolute atomic E-state index is 0.624. The summed E-state index contributed by atoms with van der Waals surface area (Å²) in [5, 5.41) is 0. The van der Waals surface area contributed by atoms with Crippen LogP contribution < -0.4 is 18.7 Å². The molecule has 2 aromatic carbocycles. The number of rotatable bonds is 4. The van der Waals surface area contributed by atoms with Crippen molar-refractivity contribution in [3.63, 3.8) is 0 Å². The normalized spacial score (nSPS) is 17.0. The van der Waals surface area contributed by atoms with Crippen LogP contribution in [0.25, 0.3) is 6.08 Å². The van der Waals surface area contributed by atoms with Crippen LogP contribution in [0.5, 0.6) is 5.75 Å². The number of methoxy groups -OCH3 is 1. The van der Waals surface area contributed by atoms with Crippen LogP contribution in [0.15, 0.2) is 59.5 Å². The fourth-order valence-electron chi connectivity index (χ4n) is 2.25. The maximum Gasteiger partial charge on any atom is 0.148 e. The van der Waals surface area contributed by atoms with Gasteiger partial charge in [-0.15, -0.1) is 0 Å². The van der Waals surface area contributed by atoms with Crippen LogP contribution in [0.3, 0.4) is 0 Å². The second kappa shape index (κ2) is 6.45. The van der Waals surface area contributed by atoms with E-state index in [4.69, 9.17) is 8.47 Å². The first-order chi connectivity index (χ1) is 11.0. The third kappa shape index (κ3) is 3.64. The summed E-state index contributed by atoms with van der Waals surface area (Å²) in [7, 11) is -4.33. The Morgan fingerprint density at radius 2 is 1.70 bits per heavy atom. The van der Waals surface area contributed by atoms with Crippen molar-refractivity contribution in [1.82, 2.24) is 0 Å². The largest absolute Gasteiger partial charge is 0.497 e. The lowest BCUT2D eigenvalue weighted by atomic mass is 10.1. The Bertz CT molecular complexity index is 781. The van der Waals surface area contributed by atoms with Gasteiger partial charge in [0.25, 0.3) is 0 Å². The number of hydrogen-bond donors (Lipinski definition) is 0. The van der Waals surface area contributed by atoms with Gasteiger partial charge in [-0.25, -0.2) is 0 Å². The summed E-state index contributed by atoms with van der Waals surface area (Å²) in [6, 6.07) is 14.4. The maximum absolute atomic E-state index is 11.1. The molecule has 1 aliphatic rings. The van der Waals surface area contributed by atoms with Crippen molar-refractivity contribution in [3.8, 4) is 5.75 Å². The molecule has 2 aromatic rings. The molecule has 0 aromatic heterocycles. The topological polar surface area (TPSA) is 87.6 Å². The molecule has 1 heterocycles. The molecule has 0 amide bonds. The lowest BCUT2D eigenvalue weighted by molar-refractivity contribution is -1.91. The van der Waals surface area contributed by atoms with Crippen molar-refractivity contribution >= 4 is 21.7 Å². The van der Waals surface area contributed by atoms with E-state index >= 15 is 0 Å². The summed E-state index contributed by atoms with van der Waals surface area (Å²) in [6.45, 7) is 0. The highest BCUT2D eigenvalue weighted by molar-refractivity contribution is 8.12. The molecule has 0 bridgehead atoms. The van der Waals surface area contributed by atoms with Crippen molar-refractivity contribution < 1.29 is 32.7 Å². The lowest BCUT2D eigenvalue weighted by Gasteiger charge is -2.20. The van der Waals surface area contributed by atoms with Gasteiger partial charge in [0.2, 0.25) is 0 Å². The summed E-state index contributed by atoms with van der Waals surface area (Å²) in [5.74, 6) is 0.641. The lowest BCUT2D eigenvalue weighted by Crippen LogP contribution is -2.60. The van der Waals surface area contributed by atoms with E-state index in [1.54, 1.807) is 31.4 Å². The molecule has 23 heavy (non-hydrogen) atoms. The SMILES string of the molecule is COc1ccc2c(c1)C=CC(c1ccccc1)=S2O[Cl+3]([O-])([O-])[O-]. The average Bonchev–Trinajstić information content (AvgIpc) is 2.54. The van der Waals surface area contributed by atoms with Gasteiger partial charge in [-0.2, -0.15) is 14.0 Å². The minimum Gasteiger partial charge on any atom is -0.497 e. The quantitative estimate of drug-likeness (QED) is 0.743. The Morgan fingerprint density at radius 3 is 2.35 bits per heavy atom. The Kier molecular flexibility index (Phi) is 4.54. The molecule has 0 spiro atoms. The van der Waals surface area contributed by atoms with Crippen LogP contribution in [0.1, 0.15) is 11.1 Å². The van der Waals surface area contributed by atoms with Crippen molar-refractivity contribution in [3.05, 3.63) is 65.7 Å². The highest BCUT2D eigenvalue weighted by Gasteiger charge is 2.30. The average molecular weight is 353 g/mol. The summed E-state index contributed by atoms with van der Waals surface area (Å²) in [6.07, 6.45) is 3.61. The summed E-state index contributed by atoms with van der Waals surface area (Å²) in [4.78, 5) is 1.26. The fourth-order valence-corrected chi connectivity index (χ4v) is 4.72. The highest BCUT2D eigenvalue weighted by atomic mass is 35.7. The van der Waals surface area contributed by atoms with Gasteiger partial charge in [0.05, 0.1) is 27.1 Å². The number of halogens is 1. The van der Waals surface area contributed by atoms with Crippen molar-refractivity contribution in [2.45, 2.75) is 4.90 Å². The van der Waals surface area contributed by atoms with Gasteiger partial charge >= 0.3 is 0 Å². The molecule has 3 rings (SSSR count). The third-order valence-corrected chi connectivity index (χ3v) is 5.89. The second-order valence-corrected chi connectivity index (χ2v) is 7.35. The van der Waals surface area contributed by atoms with E-state index in [0.29, 0.717) is 15.5 Å². The van der Waals surface area contributed by atoms with E-state index in [2.05, 4.69) is 0 Å². The molecule has 0 saturated carbocycles. The van der Waals surface area contributed by atoms with Gasteiger partial charge in [0.1, 0.15) is 20.3 Å². The third-order valence-electron chi connectivity index (χ3n) is 3.23. The Hall–Kier alpha value is -1.67. The first-order valence-corrected chi connectivity index (χ1v) is 9.00. The number of allylic oxidation sites excluding steroid dienone is 1. The van der Waals surface area contributed by atoms with Gasteiger partial charge in [-0.3, -0.25) is 0 Å². The number of hydrogen-bond acceptors (Lipinski definition) is 5. The molecule has 7 heteroatoms. The zero-order valence-electron chi connectivity index (χ0n) is 12.1. The predicted molar refractivity (Wildman–Crippen MR) is 79.5 cm³/mol. The van der Waals surface area contributed by atoms with Crippen LogP contribution in [0, 0.1) is 10.2 Å².